The second-order valence-electron chi connectivity index (χ2n) is 6.76. The molecule has 0 aliphatic carbocycles. The number of urea groups is 1. The minimum absolute atomic E-state index is 0.203. The highest BCUT2D eigenvalue weighted by Gasteiger charge is 2.36. The Morgan fingerprint density at radius 1 is 1.03 bits per heavy atom. The summed E-state index contributed by atoms with van der Waals surface area (Å²) in [6.45, 7) is 5.66. The topological polar surface area (TPSA) is 102 Å². The molecule has 1 saturated heterocycles. The Hall–Kier alpha value is -3.94. The van der Waals surface area contributed by atoms with Gasteiger partial charge in [0.25, 0.3) is 11.8 Å². The van der Waals surface area contributed by atoms with E-state index < -0.39 is 23.8 Å². The number of nitrogens with zero attached hydrogens (tertiary/aromatic N) is 1. The number of carbonyl (C=O) groups excluding carboxylic acids is 4. The molecule has 31 heavy (non-hydrogen) atoms. The van der Waals surface area contributed by atoms with Gasteiger partial charge in [-0.05, 0) is 49.8 Å². The third kappa shape index (κ3) is 4.80. The molecule has 0 unspecified atom stereocenters. The summed E-state index contributed by atoms with van der Waals surface area (Å²) in [5.41, 5.74) is 1.58. The zero-order valence-electron chi connectivity index (χ0n) is 17.4. The first-order chi connectivity index (χ1) is 14.8. The van der Waals surface area contributed by atoms with Crippen LogP contribution >= 0.6 is 0 Å². The van der Waals surface area contributed by atoms with Gasteiger partial charge < -0.3 is 9.47 Å². The number of ether oxygens (including phenoxy) is 2. The molecule has 2 aromatic rings. The number of rotatable bonds is 6. The Balaban J connectivity index is 1.97. The van der Waals surface area contributed by atoms with Crippen LogP contribution in [0.15, 0.2) is 48.0 Å². The van der Waals surface area contributed by atoms with Crippen molar-refractivity contribution in [3.8, 4) is 11.5 Å². The van der Waals surface area contributed by atoms with Gasteiger partial charge in [0, 0.05) is 6.42 Å². The summed E-state index contributed by atoms with van der Waals surface area (Å²) in [5.74, 6) is -1.41. The maximum absolute atomic E-state index is 13.0. The Kier molecular flexibility index (Phi) is 6.49. The van der Waals surface area contributed by atoms with Crippen LogP contribution in [0.3, 0.4) is 0 Å². The molecular formula is C23H22N2O6. The number of esters is 1. The molecule has 8 heteroatoms. The van der Waals surface area contributed by atoms with Gasteiger partial charge in [-0.2, -0.15) is 0 Å². The van der Waals surface area contributed by atoms with E-state index in [0.717, 1.165) is 10.5 Å². The molecule has 0 aromatic heterocycles. The summed E-state index contributed by atoms with van der Waals surface area (Å²) in [5, 5.41) is 2.19. The van der Waals surface area contributed by atoms with Crippen LogP contribution < -0.4 is 19.7 Å². The number of benzene rings is 2. The molecule has 1 heterocycles. The van der Waals surface area contributed by atoms with E-state index in [4.69, 9.17) is 9.47 Å². The number of amides is 4. The summed E-state index contributed by atoms with van der Waals surface area (Å²) in [6.07, 6.45) is 1.56. The Morgan fingerprint density at radius 3 is 2.39 bits per heavy atom. The minimum atomic E-state index is -0.812. The van der Waals surface area contributed by atoms with Gasteiger partial charge in [0.1, 0.15) is 5.57 Å². The first-order valence-electron chi connectivity index (χ1n) is 9.79. The number of hydrogen-bond donors (Lipinski definition) is 1. The number of nitrogens with one attached hydrogen (secondary N) is 1. The molecule has 1 N–H and O–H groups in total. The molecule has 8 nitrogen and oxygen atoms in total. The van der Waals surface area contributed by atoms with E-state index >= 15 is 0 Å². The molecule has 4 amide bonds. The van der Waals surface area contributed by atoms with Crippen LogP contribution in [0.2, 0.25) is 0 Å². The monoisotopic (exact) mass is 422 g/mol. The van der Waals surface area contributed by atoms with E-state index in [1.807, 2.05) is 6.92 Å². The fourth-order valence-electron chi connectivity index (χ4n) is 2.91. The average molecular weight is 422 g/mol. The van der Waals surface area contributed by atoms with Gasteiger partial charge in [-0.1, -0.05) is 30.7 Å². The predicted octanol–water partition coefficient (Wildman–Crippen LogP) is 3.38. The van der Waals surface area contributed by atoms with Crippen molar-refractivity contribution in [2.45, 2.75) is 27.2 Å². The standard InChI is InChI=1S/C23H22N2O6/c1-4-20(26)31-18-11-8-15(13-19(18)30-5-2)12-17-21(27)24-23(29)25(22(17)28)16-9-6-14(3)7-10-16/h6-13H,4-5H2,1-3H3,(H,24,27,29). The fourth-order valence-corrected chi connectivity index (χ4v) is 2.91. The van der Waals surface area contributed by atoms with Crippen LogP contribution in [-0.2, 0) is 14.4 Å². The highest BCUT2D eigenvalue weighted by Crippen LogP contribution is 2.30. The van der Waals surface area contributed by atoms with Crippen LogP contribution in [0.5, 0.6) is 11.5 Å². The first kappa shape index (κ1) is 21.8. The first-order valence-corrected chi connectivity index (χ1v) is 9.79. The van der Waals surface area contributed by atoms with E-state index in [0.29, 0.717) is 23.6 Å². The number of anilines is 1. The van der Waals surface area contributed by atoms with Gasteiger partial charge in [-0.25, -0.2) is 9.69 Å². The fraction of sp³-hybridized carbons (Fsp3) is 0.217. The lowest BCUT2D eigenvalue weighted by atomic mass is 10.1. The van der Waals surface area contributed by atoms with E-state index in [1.165, 1.54) is 12.1 Å². The van der Waals surface area contributed by atoms with E-state index in [2.05, 4.69) is 5.32 Å². The van der Waals surface area contributed by atoms with Gasteiger partial charge >= 0.3 is 12.0 Å². The molecule has 3 rings (SSSR count). The number of aryl methyl sites for hydroxylation is 1. The molecule has 0 saturated carbocycles. The number of hydrogen-bond acceptors (Lipinski definition) is 6. The summed E-state index contributed by atoms with van der Waals surface area (Å²) in [6, 6.07) is 10.6. The van der Waals surface area contributed by atoms with Crippen molar-refractivity contribution < 1.29 is 28.7 Å². The van der Waals surface area contributed by atoms with Gasteiger partial charge in [-0.3, -0.25) is 19.7 Å². The van der Waals surface area contributed by atoms with Crippen LogP contribution in [0, 0.1) is 6.92 Å². The highest BCUT2D eigenvalue weighted by molar-refractivity contribution is 6.39. The third-order valence-corrected chi connectivity index (χ3v) is 4.48. The SMILES string of the molecule is CCOc1cc(C=C2C(=O)NC(=O)N(c3ccc(C)cc3)C2=O)ccc1OC(=O)CC. The Morgan fingerprint density at radius 2 is 1.74 bits per heavy atom. The maximum atomic E-state index is 13.0. The van der Waals surface area contributed by atoms with Crippen molar-refractivity contribution in [1.82, 2.24) is 5.32 Å². The van der Waals surface area contributed by atoms with Gasteiger partial charge in [0.15, 0.2) is 11.5 Å². The lowest BCUT2D eigenvalue weighted by molar-refractivity contribution is -0.134. The van der Waals surface area contributed by atoms with Crippen molar-refractivity contribution in [2.24, 2.45) is 0 Å². The number of imide groups is 2. The highest BCUT2D eigenvalue weighted by atomic mass is 16.6. The van der Waals surface area contributed by atoms with Crippen LogP contribution in [-0.4, -0.2) is 30.4 Å². The van der Waals surface area contributed by atoms with Gasteiger partial charge in [-0.15, -0.1) is 0 Å². The molecule has 1 fully saturated rings. The Bertz CT molecular complexity index is 1070. The molecule has 160 valence electrons. The average Bonchev–Trinajstić information content (AvgIpc) is 2.74. The molecular weight excluding hydrogens is 400 g/mol. The minimum Gasteiger partial charge on any atom is -0.490 e. The second kappa shape index (κ2) is 9.25. The zero-order valence-corrected chi connectivity index (χ0v) is 17.4. The van der Waals surface area contributed by atoms with Crippen molar-refractivity contribution in [1.29, 1.82) is 0 Å². The predicted molar refractivity (Wildman–Crippen MR) is 114 cm³/mol. The van der Waals surface area contributed by atoms with Crippen molar-refractivity contribution in [3.05, 3.63) is 59.2 Å². The molecule has 0 radical (unpaired) electrons. The molecule has 0 atom stereocenters. The molecule has 1 aliphatic heterocycles. The largest absolute Gasteiger partial charge is 0.490 e. The normalized spacial score (nSPS) is 15.1. The van der Waals surface area contributed by atoms with Crippen molar-refractivity contribution >= 4 is 35.6 Å². The lowest BCUT2D eigenvalue weighted by Crippen LogP contribution is -2.54. The van der Waals surface area contributed by atoms with Crippen molar-refractivity contribution in [3.63, 3.8) is 0 Å². The van der Waals surface area contributed by atoms with Crippen LogP contribution in [0.4, 0.5) is 10.5 Å². The molecule has 0 bridgehead atoms. The number of barbiturate groups is 1. The second-order valence-corrected chi connectivity index (χ2v) is 6.76. The molecule has 0 spiro atoms. The lowest BCUT2D eigenvalue weighted by Gasteiger charge is -2.26. The summed E-state index contributed by atoms with van der Waals surface area (Å²) < 4.78 is 10.8. The zero-order chi connectivity index (χ0) is 22.5. The summed E-state index contributed by atoms with van der Waals surface area (Å²) >= 11 is 0. The van der Waals surface area contributed by atoms with Gasteiger partial charge in [0.05, 0.1) is 12.3 Å². The third-order valence-electron chi connectivity index (χ3n) is 4.48. The van der Waals surface area contributed by atoms with Gasteiger partial charge in [0.2, 0.25) is 0 Å². The quantitative estimate of drug-likeness (QED) is 0.331. The summed E-state index contributed by atoms with van der Waals surface area (Å²) in [4.78, 5) is 50.2. The smallest absolute Gasteiger partial charge is 0.335 e. The maximum Gasteiger partial charge on any atom is 0.335 e. The summed E-state index contributed by atoms with van der Waals surface area (Å²) in [7, 11) is 0. The van der Waals surface area contributed by atoms with Crippen LogP contribution in [0.25, 0.3) is 6.08 Å². The molecule has 1 aliphatic rings. The van der Waals surface area contributed by atoms with Crippen molar-refractivity contribution in [2.75, 3.05) is 11.5 Å². The number of carbonyl (C=O) groups is 4. The van der Waals surface area contributed by atoms with E-state index in [1.54, 1.807) is 50.2 Å². The Labute approximate surface area is 179 Å². The molecule has 2 aromatic carbocycles. The van der Waals surface area contributed by atoms with E-state index in [9.17, 15) is 19.2 Å². The van der Waals surface area contributed by atoms with E-state index in [-0.39, 0.29) is 17.7 Å². The van der Waals surface area contributed by atoms with Crippen LogP contribution in [0.1, 0.15) is 31.4 Å².